The largest absolute Gasteiger partial charge is 0.481 e. The van der Waals surface area contributed by atoms with Crippen molar-refractivity contribution in [2.45, 2.75) is 45.3 Å². The molecule has 1 heterocycles. The van der Waals surface area contributed by atoms with Crippen LogP contribution in [0, 0.1) is 0 Å². The molecule has 0 saturated carbocycles. The van der Waals surface area contributed by atoms with Crippen LogP contribution in [-0.4, -0.2) is 60.3 Å². The van der Waals surface area contributed by atoms with Gasteiger partial charge in [-0.2, -0.15) is 0 Å². The van der Waals surface area contributed by atoms with E-state index in [2.05, 4.69) is 53.4 Å². The van der Waals surface area contributed by atoms with E-state index in [1.54, 1.807) is 6.20 Å². The maximum Gasteiger partial charge on any atom is 0.303 e. The number of aliphatic carboxylic acids is 1. The fraction of sp³-hybridized carbons (Fsp3) is 0.545. The maximum absolute atomic E-state index is 9.60. The molecule has 6 nitrogen and oxygen atoms in total. The summed E-state index contributed by atoms with van der Waals surface area (Å²) in [5, 5.41) is 11.1. The molecule has 0 aliphatic carbocycles. The molecule has 1 aromatic rings. The molecule has 2 N–H and O–H groups in total. The van der Waals surface area contributed by atoms with Gasteiger partial charge in [-0.25, -0.2) is 0 Å². The van der Waals surface area contributed by atoms with Crippen molar-refractivity contribution >= 4 is 29.9 Å². The van der Waals surface area contributed by atoms with Crippen LogP contribution in [0.25, 0.3) is 0 Å². The molecule has 1 fully saturated rings. The zero-order valence-corrected chi connectivity index (χ0v) is 17.8. The number of nitrogens with one attached hydrogen (secondary N) is 1. The van der Waals surface area contributed by atoms with E-state index in [1.165, 1.54) is 42.7 Å². The average Bonchev–Trinajstić information content (AvgIpc) is 3.18. The van der Waals surface area contributed by atoms with Crippen LogP contribution >= 0.6 is 11.9 Å². The van der Waals surface area contributed by atoms with E-state index in [4.69, 9.17) is 5.11 Å². The molecular formula is C22H37N3O3S. The predicted octanol–water partition coefficient (Wildman–Crippen LogP) is 4.28. The van der Waals surface area contributed by atoms with Gasteiger partial charge in [0.2, 0.25) is 0 Å². The van der Waals surface area contributed by atoms with Gasteiger partial charge in [0.1, 0.15) is 6.29 Å². The molecule has 0 atom stereocenters. The smallest absolute Gasteiger partial charge is 0.303 e. The number of aldehydes is 1. The molecule has 7 heteroatoms. The van der Waals surface area contributed by atoms with Crippen molar-refractivity contribution in [1.29, 1.82) is 0 Å². The lowest BCUT2D eigenvalue weighted by molar-refractivity contribution is -0.137. The van der Waals surface area contributed by atoms with Gasteiger partial charge in [0.05, 0.1) is 6.42 Å². The normalized spacial score (nSPS) is 13.2. The van der Waals surface area contributed by atoms with Crippen molar-refractivity contribution < 1.29 is 14.7 Å². The van der Waals surface area contributed by atoms with Crippen LogP contribution in [0.1, 0.15) is 44.2 Å². The Kier molecular flexibility index (Phi) is 15.0. The second kappa shape index (κ2) is 16.0. The highest BCUT2D eigenvalue weighted by molar-refractivity contribution is 7.96. The third kappa shape index (κ3) is 12.4. The highest BCUT2D eigenvalue weighted by atomic mass is 32.2. The van der Waals surface area contributed by atoms with E-state index in [0.29, 0.717) is 6.29 Å². The third-order valence-electron chi connectivity index (χ3n) is 4.21. The summed E-state index contributed by atoms with van der Waals surface area (Å²) in [6.07, 6.45) is 6.18. The summed E-state index contributed by atoms with van der Waals surface area (Å²) in [4.78, 5) is 21.3. The molecule has 0 amide bonds. The third-order valence-corrected chi connectivity index (χ3v) is 5.40. The van der Waals surface area contributed by atoms with E-state index < -0.39 is 5.97 Å². The number of nitrogens with zero attached hydrogens (tertiary/aromatic N) is 2. The first kappa shape index (κ1) is 27.2. The SMILES string of the molecule is C.C=CNc1ccc(CSN2CCCC2)cc1CCN(C)C.O=CCCC(=O)O. The zero-order chi connectivity index (χ0) is 20.8. The Morgan fingerprint density at radius 1 is 1.34 bits per heavy atom. The number of carboxylic acid groups (broad SMARTS) is 1. The molecule has 164 valence electrons. The second-order valence-corrected chi connectivity index (χ2v) is 7.97. The van der Waals surface area contributed by atoms with Crippen molar-refractivity contribution in [3.8, 4) is 0 Å². The summed E-state index contributed by atoms with van der Waals surface area (Å²) in [6.45, 7) is 7.32. The molecule has 29 heavy (non-hydrogen) atoms. The highest BCUT2D eigenvalue weighted by Gasteiger charge is 2.12. The lowest BCUT2D eigenvalue weighted by Gasteiger charge is -2.16. The number of hydrogen-bond donors (Lipinski definition) is 2. The Labute approximate surface area is 180 Å². The summed E-state index contributed by atoms with van der Waals surface area (Å²) in [5.74, 6) is 0.149. The van der Waals surface area contributed by atoms with Gasteiger partial charge in [-0.3, -0.25) is 9.10 Å². The van der Waals surface area contributed by atoms with Gasteiger partial charge < -0.3 is 20.1 Å². The Hall–Kier alpha value is -1.83. The van der Waals surface area contributed by atoms with Crippen LogP contribution in [0.2, 0.25) is 0 Å². The van der Waals surface area contributed by atoms with E-state index in [0.717, 1.165) is 18.7 Å². The molecule has 0 spiro atoms. The first-order valence-electron chi connectivity index (χ1n) is 9.63. The number of anilines is 1. The van der Waals surface area contributed by atoms with Gasteiger partial charge >= 0.3 is 5.97 Å². The van der Waals surface area contributed by atoms with Crippen molar-refractivity contribution in [2.24, 2.45) is 0 Å². The standard InChI is InChI=1S/C17H27N3S.C4H6O3.CH4/c1-4-18-17-8-7-15(13-16(17)9-12-19(2)3)14-21-20-10-5-6-11-20;5-3-1-2-4(6)7;/h4,7-8,13,18H,1,5-6,9-12,14H2,2-3H3;3H,1-2H2,(H,6,7);1H4. The van der Waals surface area contributed by atoms with Gasteiger partial charge in [-0.15, -0.1) is 0 Å². The number of benzene rings is 1. The highest BCUT2D eigenvalue weighted by Crippen LogP contribution is 2.25. The Bertz CT molecular complexity index is 617. The van der Waals surface area contributed by atoms with Crippen LogP contribution in [0.4, 0.5) is 5.69 Å². The van der Waals surface area contributed by atoms with Crippen LogP contribution < -0.4 is 5.32 Å². The predicted molar refractivity (Wildman–Crippen MR) is 124 cm³/mol. The fourth-order valence-corrected chi connectivity index (χ4v) is 3.73. The van der Waals surface area contributed by atoms with Gasteiger partial charge in [0, 0.05) is 37.5 Å². The van der Waals surface area contributed by atoms with Gasteiger partial charge in [0.15, 0.2) is 0 Å². The van der Waals surface area contributed by atoms with E-state index in [9.17, 15) is 9.59 Å². The summed E-state index contributed by atoms with van der Waals surface area (Å²) in [5.41, 5.74) is 3.97. The molecule has 0 bridgehead atoms. The molecule has 2 rings (SSSR count). The van der Waals surface area contributed by atoms with Gasteiger partial charge in [-0.05, 0) is 56.8 Å². The summed E-state index contributed by atoms with van der Waals surface area (Å²) >= 11 is 1.97. The number of rotatable bonds is 11. The van der Waals surface area contributed by atoms with Crippen LogP contribution in [-0.2, 0) is 21.8 Å². The second-order valence-electron chi connectivity index (χ2n) is 6.90. The summed E-state index contributed by atoms with van der Waals surface area (Å²) in [7, 11) is 4.24. The zero-order valence-electron chi connectivity index (χ0n) is 17.0. The quantitative estimate of drug-likeness (QED) is 0.406. The van der Waals surface area contributed by atoms with Crippen molar-refractivity contribution in [2.75, 3.05) is 39.0 Å². The monoisotopic (exact) mass is 423 g/mol. The molecule has 1 aromatic carbocycles. The van der Waals surface area contributed by atoms with E-state index >= 15 is 0 Å². The lowest BCUT2D eigenvalue weighted by atomic mass is 10.1. The fourth-order valence-electron chi connectivity index (χ4n) is 2.70. The molecule has 0 radical (unpaired) electrons. The topological polar surface area (TPSA) is 72.9 Å². The van der Waals surface area contributed by atoms with Crippen molar-refractivity contribution in [3.63, 3.8) is 0 Å². The molecule has 0 unspecified atom stereocenters. The van der Waals surface area contributed by atoms with Crippen molar-refractivity contribution in [1.82, 2.24) is 9.21 Å². The number of hydrogen-bond acceptors (Lipinski definition) is 6. The average molecular weight is 424 g/mol. The number of carboxylic acids is 1. The Morgan fingerprint density at radius 3 is 2.55 bits per heavy atom. The molecule has 1 aliphatic rings. The van der Waals surface area contributed by atoms with Gasteiger partial charge in [0.25, 0.3) is 0 Å². The molecule has 1 saturated heterocycles. The first-order chi connectivity index (χ1) is 13.5. The minimum atomic E-state index is -0.924. The molecule has 0 aromatic heterocycles. The van der Waals surface area contributed by atoms with Crippen LogP contribution in [0.3, 0.4) is 0 Å². The Balaban J connectivity index is 0.000000846. The number of likely N-dealkylation sites (N-methyl/N-ethyl adjacent to an activating group) is 1. The summed E-state index contributed by atoms with van der Waals surface area (Å²) < 4.78 is 2.50. The lowest BCUT2D eigenvalue weighted by Crippen LogP contribution is -2.15. The van der Waals surface area contributed by atoms with E-state index in [1.807, 2.05) is 11.9 Å². The van der Waals surface area contributed by atoms with Crippen molar-refractivity contribution in [3.05, 3.63) is 42.1 Å². The van der Waals surface area contributed by atoms with E-state index in [-0.39, 0.29) is 20.3 Å². The van der Waals surface area contributed by atoms with Gasteiger partial charge in [-0.1, -0.05) is 38.1 Å². The Morgan fingerprint density at radius 2 is 2.03 bits per heavy atom. The first-order valence-corrected chi connectivity index (χ1v) is 10.6. The number of carbonyl (C=O) groups excluding carboxylic acids is 1. The van der Waals surface area contributed by atoms with Crippen LogP contribution in [0.15, 0.2) is 31.0 Å². The molecule has 1 aliphatic heterocycles. The molecular weight excluding hydrogens is 386 g/mol. The maximum atomic E-state index is 9.60. The van der Waals surface area contributed by atoms with Crippen LogP contribution in [0.5, 0.6) is 0 Å². The summed E-state index contributed by atoms with van der Waals surface area (Å²) in [6, 6.07) is 6.76. The minimum absolute atomic E-state index is 0. The number of carbonyl (C=O) groups is 2. The minimum Gasteiger partial charge on any atom is -0.481 e.